The predicted octanol–water partition coefficient (Wildman–Crippen LogP) is 2.20. The molecular formula is C20H22FN3O3. The SMILES string of the molecule is NC1(C(=O)NCc2ccc(NC(=O)c3ccc(F)cc3)cc2)CCOCC1. The topological polar surface area (TPSA) is 93.5 Å². The summed E-state index contributed by atoms with van der Waals surface area (Å²) in [6, 6.07) is 12.4. The van der Waals surface area contributed by atoms with Crippen molar-refractivity contribution in [3.63, 3.8) is 0 Å². The molecule has 2 aromatic carbocycles. The van der Waals surface area contributed by atoms with Crippen LogP contribution in [0, 0.1) is 5.82 Å². The molecule has 2 amide bonds. The van der Waals surface area contributed by atoms with Crippen LogP contribution >= 0.6 is 0 Å². The monoisotopic (exact) mass is 371 g/mol. The molecule has 1 aliphatic heterocycles. The van der Waals surface area contributed by atoms with Gasteiger partial charge in [-0.1, -0.05) is 12.1 Å². The van der Waals surface area contributed by atoms with E-state index in [0.717, 1.165) is 5.56 Å². The molecule has 1 heterocycles. The molecule has 142 valence electrons. The van der Waals surface area contributed by atoms with Crippen LogP contribution in [0.5, 0.6) is 0 Å². The van der Waals surface area contributed by atoms with E-state index in [1.807, 2.05) is 12.1 Å². The summed E-state index contributed by atoms with van der Waals surface area (Å²) in [4.78, 5) is 24.4. The number of halogens is 1. The second kappa shape index (κ2) is 8.28. The average molecular weight is 371 g/mol. The van der Waals surface area contributed by atoms with Crippen LogP contribution < -0.4 is 16.4 Å². The summed E-state index contributed by atoms with van der Waals surface area (Å²) in [7, 11) is 0. The zero-order chi connectivity index (χ0) is 19.3. The Balaban J connectivity index is 1.53. The van der Waals surface area contributed by atoms with E-state index in [2.05, 4.69) is 10.6 Å². The lowest BCUT2D eigenvalue weighted by Gasteiger charge is -2.31. The Kier molecular flexibility index (Phi) is 5.83. The molecule has 0 radical (unpaired) electrons. The number of carbonyl (C=O) groups is 2. The van der Waals surface area contributed by atoms with Crippen LogP contribution in [-0.4, -0.2) is 30.6 Å². The van der Waals surface area contributed by atoms with E-state index in [-0.39, 0.29) is 11.8 Å². The Morgan fingerprint density at radius 2 is 1.67 bits per heavy atom. The maximum absolute atomic E-state index is 12.9. The molecule has 0 atom stereocenters. The normalized spacial score (nSPS) is 15.8. The molecule has 0 bridgehead atoms. The van der Waals surface area contributed by atoms with Gasteiger partial charge >= 0.3 is 0 Å². The van der Waals surface area contributed by atoms with E-state index in [9.17, 15) is 14.0 Å². The molecule has 1 fully saturated rings. The molecule has 3 rings (SSSR count). The number of amides is 2. The van der Waals surface area contributed by atoms with Gasteiger partial charge in [0.05, 0.1) is 5.54 Å². The molecule has 2 aromatic rings. The average Bonchev–Trinajstić information content (AvgIpc) is 2.68. The molecule has 0 spiro atoms. The highest BCUT2D eigenvalue weighted by atomic mass is 19.1. The van der Waals surface area contributed by atoms with Crippen molar-refractivity contribution >= 4 is 17.5 Å². The van der Waals surface area contributed by atoms with Crippen molar-refractivity contribution in [3.05, 3.63) is 65.5 Å². The first kappa shape index (κ1) is 19.0. The molecule has 7 heteroatoms. The Morgan fingerprint density at radius 1 is 1.04 bits per heavy atom. The van der Waals surface area contributed by atoms with Gasteiger partial charge in [0.15, 0.2) is 0 Å². The van der Waals surface area contributed by atoms with Crippen LogP contribution in [0.4, 0.5) is 10.1 Å². The van der Waals surface area contributed by atoms with Gasteiger partial charge in [-0.15, -0.1) is 0 Å². The quantitative estimate of drug-likeness (QED) is 0.751. The van der Waals surface area contributed by atoms with E-state index < -0.39 is 11.4 Å². The van der Waals surface area contributed by atoms with Crippen molar-refractivity contribution in [3.8, 4) is 0 Å². The largest absolute Gasteiger partial charge is 0.381 e. The van der Waals surface area contributed by atoms with Crippen molar-refractivity contribution in [1.29, 1.82) is 0 Å². The summed E-state index contributed by atoms with van der Waals surface area (Å²) in [6.45, 7) is 1.34. The van der Waals surface area contributed by atoms with E-state index in [1.165, 1.54) is 24.3 Å². The molecule has 0 unspecified atom stereocenters. The fraction of sp³-hybridized carbons (Fsp3) is 0.300. The summed E-state index contributed by atoms with van der Waals surface area (Å²) in [5.41, 5.74) is 7.14. The van der Waals surface area contributed by atoms with E-state index in [4.69, 9.17) is 10.5 Å². The van der Waals surface area contributed by atoms with Gasteiger partial charge in [-0.05, 0) is 54.8 Å². The van der Waals surface area contributed by atoms with Crippen molar-refractivity contribution in [2.45, 2.75) is 24.9 Å². The van der Waals surface area contributed by atoms with Crippen molar-refractivity contribution < 1.29 is 18.7 Å². The van der Waals surface area contributed by atoms with Gasteiger partial charge < -0.3 is 21.1 Å². The van der Waals surface area contributed by atoms with Gasteiger partial charge in [0.25, 0.3) is 5.91 Å². The lowest BCUT2D eigenvalue weighted by Crippen LogP contribution is -2.56. The Labute approximate surface area is 156 Å². The van der Waals surface area contributed by atoms with Crippen LogP contribution in [0.3, 0.4) is 0 Å². The number of nitrogens with two attached hydrogens (primary N) is 1. The van der Waals surface area contributed by atoms with Gasteiger partial charge in [0.1, 0.15) is 5.82 Å². The highest BCUT2D eigenvalue weighted by Crippen LogP contribution is 2.18. The van der Waals surface area contributed by atoms with Gasteiger partial charge in [0, 0.05) is 31.0 Å². The van der Waals surface area contributed by atoms with Crippen LogP contribution in [0.15, 0.2) is 48.5 Å². The van der Waals surface area contributed by atoms with Gasteiger partial charge in [-0.3, -0.25) is 9.59 Å². The van der Waals surface area contributed by atoms with E-state index in [1.54, 1.807) is 12.1 Å². The number of hydrogen-bond donors (Lipinski definition) is 3. The number of anilines is 1. The molecule has 27 heavy (non-hydrogen) atoms. The number of benzene rings is 2. The lowest BCUT2D eigenvalue weighted by molar-refractivity contribution is -0.129. The highest BCUT2D eigenvalue weighted by Gasteiger charge is 2.35. The van der Waals surface area contributed by atoms with Gasteiger partial charge in [-0.25, -0.2) is 4.39 Å². The first-order valence-corrected chi connectivity index (χ1v) is 8.77. The molecule has 6 nitrogen and oxygen atoms in total. The first-order valence-electron chi connectivity index (χ1n) is 8.77. The Hall–Kier alpha value is -2.77. The van der Waals surface area contributed by atoms with Crippen LogP contribution in [-0.2, 0) is 16.1 Å². The fourth-order valence-corrected chi connectivity index (χ4v) is 2.83. The van der Waals surface area contributed by atoms with Crippen LogP contribution in [0.25, 0.3) is 0 Å². The minimum absolute atomic E-state index is 0.181. The second-order valence-electron chi connectivity index (χ2n) is 6.61. The summed E-state index contributed by atoms with van der Waals surface area (Å²) >= 11 is 0. The second-order valence-corrected chi connectivity index (χ2v) is 6.61. The maximum atomic E-state index is 12.9. The van der Waals surface area contributed by atoms with Crippen molar-refractivity contribution in [1.82, 2.24) is 5.32 Å². The summed E-state index contributed by atoms with van der Waals surface area (Å²) in [5.74, 6) is -0.891. The zero-order valence-electron chi connectivity index (χ0n) is 14.8. The van der Waals surface area contributed by atoms with Crippen molar-refractivity contribution in [2.75, 3.05) is 18.5 Å². The molecule has 1 aliphatic rings. The van der Waals surface area contributed by atoms with E-state index in [0.29, 0.717) is 43.9 Å². The van der Waals surface area contributed by atoms with Crippen LogP contribution in [0.2, 0.25) is 0 Å². The van der Waals surface area contributed by atoms with Gasteiger partial charge in [0.2, 0.25) is 5.91 Å². The summed E-state index contributed by atoms with van der Waals surface area (Å²) in [6.07, 6.45) is 1.01. The lowest BCUT2D eigenvalue weighted by atomic mass is 9.90. The molecule has 0 aromatic heterocycles. The summed E-state index contributed by atoms with van der Waals surface area (Å²) in [5, 5.41) is 5.60. The zero-order valence-corrected chi connectivity index (χ0v) is 14.8. The number of rotatable bonds is 5. The number of nitrogens with one attached hydrogen (secondary N) is 2. The molecule has 4 N–H and O–H groups in total. The van der Waals surface area contributed by atoms with Crippen LogP contribution in [0.1, 0.15) is 28.8 Å². The Morgan fingerprint density at radius 3 is 2.30 bits per heavy atom. The number of carbonyl (C=O) groups excluding carboxylic acids is 2. The predicted molar refractivity (Wildman–Crippen MR) is 99.6 cm³/mol. The fourth-order valence-electron chi connectivity index (χ4n) is 2.83. The molecule has 0 saturated carbocycles. The standard InChI is InChI=1S/C20H22FN3O3/c21-16-5-3-15(4-6-16)18(25)24-17-7-1-14(2-8-17)13-23-19(26)20(22)9-11-27-12-10-20/h1-8H,9-13,22H2,(H,23,26)(H,24,25). The smallest absolute Gasteiger partial charge is 0.255 e. The minimum atomic E-state index is -0.874. The Bertz CT molecular complexity index is 800. The third-order valence-corrected chi connectivity index (χ3v) is 4.61. The van der Waals surface area contributed by atoms with E-state index >= 15 is 0 Å². The number of hydrogen-bond acceptors (Lipinski definition) is 4. The maximum Gasteiger partial charge on any atom is 0.255 e. The third-order valence-electron chi connectivity index (χ3n) is 4.61. The minimum Gasteiger partial charge on any atom is -0.381 e. The summed E-state index contributed by atoms with van der Waals surface area (Å²) < 4.78 is 18.2. The third kappa shape index (κ3) is 4.90. The first-order chi connectivity index (χ1) is 13.0. The molecule has 1 saturated heterocycles. The van der Waals surface area contributed by atoms with Gasteiger partial charge in [-0.2, -0.15) is 0 Å². The molecular weight excluding hydrogens is 349 g/mol. The highest BCUT2D eigenvalue weighted by molar-refractivity contribution is 6.04. The molecule has 0 aliphatic carbocycles. The van der Waals surface area contributed by atoms with Crippen molar-refractivity contribution in [2.24, 2.45) is 5.73 Å². The number of ether oxygens (including phenoxy) is 1.